The van der Waals surface area contributed by atoms with Crippen LogP contribution in [0, 0.1) is 10.8 Å². The number of nitrogens with zero attached hydrogens (tertiary/aromatic N) is 4. The van der Waals surface area contributed by atoms with Crippen LogP contribution in [0.15, 0.2) is 0 Å². The molecule has 0 aliphatic carbocycles. The van der Waals surface area contributed by atoms with Crippen molar-refractivity contribution in [1.82, 2.24) is 0 Å². The molecule has 0 N–H and O–H groups in total. The Morgan fingerprint density at radius 2 is 0.771 bits per heavy atom. The second-order valence-corrected chi connectivity index (χ2v) is 10.7. The summed E-state index contributed by atoms with van der Waals surface area (Å²) in [6, 6.07) is 1.58. The Labute approximate surface area is 233 Å². The van der Waals surface area contributed by atoms with Crippen molar-refractivity contribution in [1.29, 1.82) is 0 Å². The molecule has 0 spiro atoms. The Kier molecular flexibility index (Phi) is 32.6. The van der Waals surface area contributed by atoms with Gasteiger partial charge in [0.2, 0.25) is 0 Å². The Bertz CT molecular complexity index is 409. The maximum Gasteiger partial charge on any atom is 6.00 e. The smallest absolute Gasteiger partial charge is 0.675 e. The van der Waals surface area contributed by atoms with Gasteiger partial charge in [0.05, 0.1) is 0 Å². The zero-order chi connectivity index (χ0) is 28.1. The Hall–Kier alpha value is -0.197. The van der Waals surface area contributed by atoms with Gasteiger partial charge in [-0.1, -0.05) is 133 Å². The molecule has 0 saturated carbocycles. The maximum absolute atomic E-state index is 7.75. The Morgan fingerprint density at radius 3 is 0.914 bits per heavy atom. The predicted octanol–water partition coefficient (Wildman–Crippen LogP) is 8.86. The average Bonchev–Trinajstić information content (AvgIpc) is 2.80. The molecule has 0 aromatic rings. The van der Waals surface area contributed by atoms with E-state index < -0.39 is 0 Å². The molecule has 0 amide bonds. The molecule has 0 bridgehead atoms. The summed E-state index contributed by atoms with van der Waals surface area (Å²) < 4.78 is 0. The summed E-state index contributed by atoms with van der Waals surface area (Å²) in [5, 5.41) is 19.1. The SMILES string of the molecule is CCC(C)[N-]C([N-]C(C)C)C(C)(C)CC.CCC(C)[N-]C([N-]C(C)C)C(C)(C)CC.[CH-]=O.[CH-]=O.[Ru+6]. The zero-order valence-electron chi connectivity index (χ0n) is 25.4. The van der Waals surface area contributed by atoms with Crippen molar-refractivity contribution < 1.29 is 29.1 Å². The van der Waals surface area contributed by atoms with E-state index in [1.165, 1.54) is 0 Å². The molecule has 0 fully saturated rings. The van der Waals surface area contributed by atoms with Gasteiger partial charge < -0.3 is 30.9 Å². The first-order valence-corrected chi connectivity index (χ1v) is 12.9. The van der Waals surface area contributed by atoms with Gasteiger partial charge in [-0.25, -0.2) is 12.3 Å². The van der Waals surface area contributed by atoms with E-state index in [4.69, 9.17) is 30.9 Å². The van der Waals surface area contributed by atoms with E-state index in [9.17, 15) is 0 Å². The molecule has 4 atom stereocenters. The van der Waals surface area contributed by atoms with E-state index in [1.807, 2.05) is 0 Å². The van der Waals surface area contributed by atoms with Gasteiger partial charge in [0, 0.05) is 0 Å². The third-order valence-corrected chi connectivity index (χ3v) is 6.07. The zero-order valence-corrected chi connectivity index (χ0v) is 27.1. The normalized spacial score (nSPS) is 14.6. The fourth-order valence-electron chi connectivity index (χ4n) is 2.51. The van der Waals surface area contributed by atoms with Crippen molar-refractivity contribution >= 4 is 13.6 Å². The van der Waals surface area contributed by atoms with Crippen LogP contribution in [-0.4, -0.2) is 50.1 Å². The van der Waals surface area contributed by atoms with E-state index in [1.54, 1.807) is 0 Å². The van der Waals surface area contributed by atoms with E-state index in [0.717, 1.165) is 25.7 Å². The van der Waals surface area contributed by atoms with Crippen LogP contribution >= 0.6 is 0 Å². The van der Waals surface area contributed by atoms with Gasteiger partial charge in [-0.2, -0.15) is 0 Å². The van der Waals surface area contributed by atoms with Crippen LogP contribution in [0.1, 0.15) is 123 Å². The molecule has 0 aromatic carbocycles. The summed E-state index contributed by atoms with van der Waals surface area (Å²) >= 11 is 0. The predicted molar refractivity (Wildman–Crippen MR) is 152 cm³/mol. The fourth-order valence-corrected chi connectivity index (χ4v) is 2.51. The molecule has 0 aromatic heterocycles. The first kappa shape index (κ1) is 44.8. The quantitative estimate of drug-likeness (QED) is 0.116. The Balaban J connectivity index is -0.000000146. The van der Waals surface area contributed by atoms with Gasteiger partial charge in [-0.3, -0.25) is 13.6 Å². The summed E-state index contributed by atoms with van der Waals surface area (Å²) in [7, 11) is 0. The molecule has 4 unspecified atom stereocenters. The minimum absolute atomic E-state index is 0. The monoisotopic (exact) mass is 584 g/mol. The topological polar surface area (TPSA) is 90.5 Å². The van der Waals surface area contributed by atoms with Crippen LogP contribution in [0.2, 0.25) is 0 Å². The first-order chi connectivity index (χ1) is 15.7. The van der Waals surface area contributed by atoms with Crippen LogP contribution in [0.5, 0.6) is 0 Å². The molecule has 0 aliphatic rings. The van der Waals surface area contributed by atoms with Crippen LogP contribution in [0.4, 0.5) is 0 Å². The fraction of sp³-hybridized carbons (Fsp3) is 0.929. The van der Waals surface area contributed by atoms with Crippen LogP contribution in [0.25, 0.3) is 21.3 Å². The van der Waals surface area contributed by atoms with Crippen LogP contribution < -0.4 is 0 Å². The van der Waals surface area contributed by atoms with Gasteiger partial charge in [-0.05, 0) is 0 Å². The van der Waals surface area contributed by atoms with Crippen molar-refractivity contribution in [2.75, 3.05) is 0 Å². The molecule has 0 radical (unpaired) electrons. The molecule has 0 rings (SSSR count). The number of rotatable bonds is 14. The number of hydrogen-bond donors (Lipinski definition) is 0. The van der Waals surface area contributed by atoms with E-state index >= 15 is 0 Å². The Morgan fingerprint density at radius 1 is 0.543 bits per heavy atom. The summed E-state index contributed by atoms with van der Waals surface area (Å²) in [6.45, 7) is 37.2. The summed E-state index contributed by atoms with van der Waals surface area (Å²) in [6.07, 6.45) is 4.74. The number of carbonyl (C=O) groups excluding carboxylic acids is 2. The molecular weight excluding hydrogens is 525 g/mol. The molecular formula is C28H58N4O2Ru. The van der Waals surface area contributed by atoms with Gasteiger partial charge >= 0.3 is 19.5 Å². The van der Waals surface area contributed by atoms with E-state index in [0.29, 0.717) is 24.2 Å². The van der Waals surface area contributed by atoms with Crippen molar-refractivity contribution in [3.8, 4) is 0 Å². The maximum atomic E-state index is 7.75. The standard InChI is InChI=1S/2C13H28N2.2CHO.Ru/c2*1-8-11(5)15-12(14-10(3)4)13(6,7)9-2;2*1-2;/h2*10-12H,8-9H2,1-7H3;2*1H;/q2*-2;2*-1;+6. The van der Waals surface area contributed by atoms with Gasteiger partial charge in [0.25, 0.3) is 0 Å². The second kappa shape index (κ2) is 25.5. The van der Waals surface area contributed by atoms with Crippen molar-refractivity contribution in [3.63, 3.8) is 0 Å². The van der Waals surface area contributed by atoms with Crippen LogP contribution in [0.3, 0.4) is 0 Å². The van der Waals surface area contributed by atoms with Gasteiger partial charge in [0.1, 0.15) is 0 Å². The third kappa shape index (κ3) is 23.9. The number of hydrogen-bond acceptors (Lipinski definition) is 2. The molecule has 7 heteroatoms. The van der Waals surface area contributed by atoms with Crippen molar-refractivity contribution in [2.24, 2.45) is 10.8 Å². The molecule has 0 heterocycles. The molecule has 35 heavy (non-hydrogen) atoms. The summed E-state index contributed by atoms with van der Waals surface area (Å²) in [5.41, 5.74) is 0.376. The molecule has 0 aliphatic heterocycles. The third-order valence-electron chi connectivity index (χ3n) is 6.07. The average molecular weight is 584 g/mol. The first-order valence-electron chi connectivity index (χ1n) is 12.9. The molecule has 0 saturated heterocycles. The largest absolute Gasteiger partial charge is 6.00 e. The summed E-state index contributed by atoms with van der Waals surface area (Å²) in [5.74, 6) is 0. The minimum atomic E-state index is 0. The minimum Gasteiger partial charge on any atom is -0.675 e. The van der Waals surface area contributed by atoms with Crippen molar-refractivity contribution in [2.45, 2.75) is 159 Å². The second-order valence-electron chi connectivity index (χ2n) is 10.7. The van der Waals surface area contributed by atoms with E-state index in [-0.39, 0.29) is 42.6 Å². The van der Waals surface area contributed by atoms with Gasteiger partial charge in [0.15, 0.2) is 0 Å². The molecule has 6 nitrogen and oxygen atoms in total. The summed E-state index contributed by atoms with van der Waals surface area (Å²) in [4.78, 5) is 15.5. The van der Waals surface area contributed by atoms with Gasteiger partial charge in [-0.15, -0.1) is 24.2 Å². The molecule has 210 valence electrons. The van der Waals surface area contributed by atoms with Crippen LogP contribution in [-0.2, 0) is 29.1 Å². The van der Waals surface area contributed by atoms with Crippen molar-refractivity contribution in [3.05, 3.63) is 21.3 Å². The van der Waals surface area contributed by atoms with E-state index in [2.05, 4.69) is 111 Å².